The van der Waals surface area contributed by atoms with Crippen molar-refractivity contribution in [2.75, 3.05) is 25.0 Å². The van der Waals surface area contributed by atoms with Crippen LogP contribution in [0.4, 0.5) is 10.5 Å². The molecule has 21 heavy (non-hydrogen) atoms. The number of aliphatic hydroxyl groups is 1. The minimum absolute atomic E-state index is 0.0579. The number of amides is 2. The fraction of sp³-hybridized carbons (Fsp3) is 0.429. The molecule has 0 radical (unpaired) electrons. The molecule has 0 aliphatic rings. The number of carbonyl (C=O) groups is 2. The number of aromatic carboxylic acids is 1. The fourth-order valence-electron chi connectivity index (χ4n) is 1.82. The number of unbranched alkanes of at least 4 members (excludes halogenated alkanes) is 1. The maximum Gasteiger partial charge on any atom is 0.339 e. The van der Waals surface area contributed by atoms with Crippen molar-refractivity contribution >= 4 is 29.3 Å². The standard InChI is InChI=1S/C14H19ClN2O4/c1-2-3-7-17(8-9-18)14(21)16-11-6-4-5-10(15)12(11)13(19)20/h4-6,18H,2-3,7-9H2,1H3,(H,16,21)(H,19,20). The summed E-state index contributed by atoms with van der Waals surface area (Å²) in [5.74, 6) is -1.21. The predicted molar refractivity (Wildman–Crippen MR) is 81.0 cm³/mol. The third-order valence-corrected chi connectivity index (χ3v) is 3.22. The van der Waals surface area contributed by atoms with Gasteiger partial charge in [0.05, 0.1) is 17.3 Å². The van der Waals surface area contributed by atoms with Crippen molar-refractivity contribution in [2.24, 2.45) is 0 Å². The number of urea groups is 1. The first-order valence-corrected chi connectivity index (χ1v) is 7.07. The molecule has 0 saturated carbocycles. The van der Waals surface area contributed by atoms with Gasteiger partial charge in [-0.2, -0.15) is 0 Å². The molecule has 0 bridgehead atoms. The summed E-state index contributed by atoms with van der Waals surface area (Å²) in [7, 11) is 0. The van der Waals surface area contributed by atoms with Gasteiger partial charge in [-0.15, -0.1) is 0 Å². The fourth-order valence-corrected chi connectivity index (χ4v) is 2.08. The van der Waals surface area contributed by atoms with E-state index in [-0.39, 0.29) is 29.4 Å². The summed E-state index contributed by atoms with van der Waals surface area (Å²) in [6.07, 6.45) is 1.71. The lowest BCUT2D eigenvalue weighted by atomic mass is 10.2. The summed E-state index contributed by atoms with van der Waals surface area (Å²) in [6.45, 7) is 2.52. The van der Waals surface area contributed by atoms with Crippen LogP contribution in [-0.2, 0) is 0 Å². The number of nitrogens with one attached hydrogen (secondary N) is 1. The number of hydrogen-bond acceptors (Lipinski definition) is 3. The molecule has 0 aromatic heterocycles. The second kappa shape index (κ2) is 8.49. The number of carbonyl (C=O) groups excluding carboxylic acids is 1. The molecule has 0 aliphatic carbocycles. The van der Waals surface area contributed by atoms with Crippen LogP contribution < -0.4 is 5.32 Å². The van der Waals surface area contributed by atoms with Crippen molar-refractivity contribution in [3.63, 3.8) is 0 Å². The van der Waals surface area contributed by atoms with Crippen LogP contribution in [0.1, 0.15) is 30.1 Å². The Bertz CT molecular complexity index is 508. The summed E-state index contributed by atoms with van der Waals surface area (Å²) in [6, 6.07) is 4.03. The Balaban J connectivity index is 2.90. The first kappa shape index (κ1) is 17.3. The zero-order valence-corrected chi connectivity index (χ0v) is 12.6. The van der Waals surface area contributed by atoms with E-state index in [2.05, 4.69) is 5.32 Å². The molecule has 6 nitrogen and oxygen atoms in total. The molecule has 0 fully saturated rings. The van der Waals surface area contributed by atoms with E-state index in [4.69, 9.17) is 21.8 Å². The molecule has 1 aromatic rings. The second-order valence-electron chi connectivity index (χ2n) is 4.46. The zero-order chi connectivity index (χ0) is 15.8. The lowest BCUT2D eigenvalue weighted by molar-refractivity contribution is 0.0698. The number of carboxylic acid groups (broad SMARTS) is 1. The highest BCUT2D eigenvalue weighted by molar-refractivity contribution is 6.34. The van der Waals surface area contributed by atoms with Crippen molar-refractivity contribution in [3.8, 4) is 0 Å². The number of benzene rings is 1. The van der Waals surface area contributed by atoms with Crippen molar-refractivity contribution in [3.05, 3.63) is 28.8 Å². The van der Waals surface area contributed by atoms with Crippen molar-refractivity contribution in [1.82, 2.24) is 4.90 Å². The molecule has 0 saturated heterocycles. The van der Waals surface area contributed by atoms with Gasteiger partial charge in [0.2, 0.25) is 0 Å². The van der Waals surface area contributed by atoms with Crippen molar-refractivity contribution < 1.29 is 19.8 Å². The average molecular weight is 315 g/mol. The normalized spacial score (nSPS) is 10.2. The molecule has 2 amide bonds. The molecule has 1 aromatic carbocycles. The Kier molecular flexibility index (Phi) is 6.98. The van der Waals surface area contributed by atoms with Gasteiger partial charge in [-0.25, -0.2) is 9.59 Å². The van der Waals surface area contributed by atoms with E-state index >= 15 is 0 Å². The Labute approximate surface area is 128 Å². The Morgan fingerprint density at radius 1 is 1.33 bits per heavy atom. The highest BCUT2D eigenvalue weighted by Crippen LogP contribution is 2.24. The molecule has 0 heterocycles. The van der Waals surface area contributed by atoms with Crippen LogP contribution in [0.5, 0.6) is 0 Å². The molecule has 116 valence electrons. The maximum absolute atomic E-state index is 12.2. The van der Waals surface area contributed by atoms with E-state index in [1.54, 1.807) is 6.07 Å². The number of anilines is 1. The van der Waals surface area contributed by atoms with Gasteiger partial charge >= 0.3 is 12.0 Å². The van der Waals surface area contributed by atoms with Gasteiger partial charge in [-0.1, -0.05) is 31.0 Å². The summed E-state index contributed by atoms with van der Waals surface area (Å²) >= 11 is 5.85. The van der Waals surface area contributed by atoms with Crippen LogP contribution in [0.2, 0.25) is 5.02 Å². The van der Waals surface area contributed by atoms with E-state index in [1.807, 2.05) is 6.92 Å². The summed E-state index contributed by atoms with van der Waals surface area (Å²) in [4.78, 5) is 24.8. The molecular weight excluding hydrogens is 296 g/mol. The lowest BCUT2D eigenvalue weighted by Gasteiger charge is -2.22. The van der Waals surface area contributed by atoms with E-state index in [1.165, 1.54) is 17.0 Å². The second-order valence-corrected chi connectivity index (χ2v) is 4.87. The van der Waals surface area contributed by atoms with Crippen LogP contribution in [0.15, 0.2) is 18.2 Å². The molecule has 3 N–H and O–H groups in total. The van der Waals surface area contributed by atoms with Crippen LogP contribution >= 0.6 is 11.6 Å². The van der Waals surface area contributed by atoms with Crippen LogP contribution in [0.25, 0.3) is 0 Å². The van der Waals surface area contributed by atoms with Crippen LogP contribution in [-0.4, -0.2) is 46.8 Å². The third kappa shape index (κ3) is 4.91. The Morgan fingerprint density at radius 3 is 2.62 bits per heavy atom. The van der Waals surface area contributed by atoms with E-state index in [9.17, 15) is 9.59 Å². The molecule has 0 unspecified atom stereocenters. The van der Waals surface area contributed by atoms with Gasteiger partial charge in [-0.3, -0.25) is 0 Å². The average Bonchev–Trinajstić information content (AvgIpc) is 2.43. The predicted octanol–water partition coefficient (Wildman–Crippen LogP) is 2.66. The summed E-state index contributed by atoms with van der Waals surface area (Å²) in [5.41, 5.74) is -0.00797. The summed E-state index contributed by atoms with van der Waals surface area (Å²) < 4.78 is 0. The van der Waals surface area contributed by atoms with Crippen molar-refractivity contribution in [1.29, 1.82) is 0 Å². The maximum atomic E-state index is 12.2. The third-order valence-electron chi connectivity index (χ3n) is 2.91. The van der Waals surface area contributed by atoms with Crippen LogP contribution in [0.3, 0.4) is 0 Å². The lowest BCUT2D eigenvalue weighted by Crippen LogP contribution is -2.38. The monoisotopic (exact) mass is 314 g/mol. The topological polar surface area (TPSA) is 89.9 Å². The van der Waals surface area contributed by atoms with Crippen molar-refractivity contribution in [2.45, 2.75) is 19.8 Å². The van der Waals surface area contributed by atoms with Gasteiger partial charge in [-0.05, 0) is 18.6 Å². The van der Waals surface area contributed by atoms with E-state index < -0.39 is 12.0 Å². The largest absolute Gasteiger partial charge is 0.478 e. The molecule has 0 aliphatic heterocycles. The first-order valence-electron chi connectivity index (χ1n) is 6.69. The Morgan fingerprint density at radius 2 is 2.05 bits per heavy atom. The van der Waals surface area contributed by atoms with E-state index in [0.717, 1.165) is 12.8 Å². The molecular formula is C14H19ClN2O4. The molecule has 1 rings (SSSR count). The number of nitrogens with zero attached hydrogens (tertiary/aromatic N) is 1. The number of halogens is 1. The molecule has 7 heteroatoms. The minimum Gasteiger partial charge on any atom is -0.478 e. The smallest absolute Gasteiger partial charge is 0.339 e. The first-order chi connectivity index (χ1) is 10.0. The van der Waals surface area contributed by atoms with Gasteiger partial charge in [0.1, 0.15) is 5.56 Å². The SMILES string of the molecule is CCCCN(CCO)C(=O)Nc1cccc(Cl)c1C(=O)O. The molecule has 0 atom stereocenters. The highest BCUT2D eigenvalue weighted by Gasteiger charge is 2.18. The number of carboxylic acids is 1. The van der Waals surface area contributed by atoms with Gasteiger partial charge < -0.3 is 20.4 Å². The van der Waals surface area contributed by atoms with Crippen LogP contribution in [0, 0.1) is 0 Å². The number of aliphatic hydroxyl groups excluding tert-OH is 1. The Hall–Kier alpha value is -1.79. The number of hydrogen-bond donors (Lipinski definition) is 3. The zero-order valence-electron chi connectivity index (χ0n) is 11.8. The highest BCUT2D eigenvalue weighted by atomic mass is 35.5. The van der Waals surface area contributed by atoms with Gasteiger partial charge in [0, 0.05) is 13.1 Å². The minimum atomic E-state index is -1.21. The number of rotatable bonds is 7. The van der Waals surface area contributed by atoms with Gasteiger partial charge in [0.25, 0.3) is 0 Å². The van der Waals surface area contributed by atoms with E-state index in [0.29, 0.717) is 6.54 Å². The quantitative estimate of drug-likeness (QED) is 0.721. The molecule has 0 spiro atoms. The summed E-state index contributed by atoms with van der Waals surface area (Å²) in [5, 5.41) is 20.7. The van der Waals surface area contributed by atoms with Gasteiger partial charge in [0.15, 0.2) is 0 Å².